The number of likely N-dealkylation sites (tertiary alicyclic amines) is 1. The Hall–Kier alpha value is -1.24. The lowest BCUT2D eigenvalue weighted by Crippen LogP contribution is -2.42. The summed E-state index contributed by atoms with van der Waals surface area (Å²) in [6, 6.07) is 2.62. The zero-order valence-corrected chi connectivity index (χ0v) is 9.48. The van der Waals surface area contributed by atoms with Crippen molar-refractivity contribution in [3.8, 4) is 12.3 Å². The fourth-order valence-electron chi connectivity index (χ4n) is 2.08. The lowest BCUT2D eigenvalue weighted by molar-refractivity contribution is 0.217. The van der Waals surface area contributed by atoms with Crippen LogP contribution in [0.4, 0.5) is 0 Å². The zero-order valence-electron chi connectivity index (χ0n) is 9.48. The van der Waals surface area contributed by atoms with E-state index in [2.05, 4.69) is 16.1 Å². The Bertz CT molecular complexity index is 331. The van der Waals surface area contributed by atoms with Gasteiger partial charge >= 0.3 is 0 Å². The van der Waals surface area contributed by atoms with Crippen molar-refractivity contribution in [2.24, 2.45) is 0 Å². The lowest BCUT2D eigenvalue weighted by atomic mass is 10.0. The summed E-state index contributed by atoms with van der Waals surface area (Å²) in [5.41, 5.74) is 1.21. The summed E-state index contributed by atoms with van der Waals surface area (Å²) in [4.78, 5) is 2.33. The molecule has 16 heavy (non-hydrogen) atoms. The van der Waals surface area contributed by atoms with E-state index in [-0.39, 0.29) is 0 Å². The SMILES string of the molecule is C#CCN1CCC(NCc2ccoc2)CC1. The van der Waals surface area contributed by atoms with Crippen molar-refractivity contribution in [3.05, 3.63) is 24.2 Å². The predicted molar refractivity (Wildman–Crippen MR) is 63.8 cm³/mol. The molecule has 0 spiro atoms. The Morgan fingerprint density at radius 2 is 2.31 bits per heavy atom. The van der Waals surface area contributed by atoms with Crippen LogP contribution < -0.4 is 5.32 Å². The van der Waals surface area contributed by atoms with Gasteiger partial charge in [-0.25, -0.2) is 0 Å². The van der Waals surface area contributed by atoms with Crippen LogP contribution in [0.15, 0.2) is 23.0 Å². The first-order valence-corrected chi connectivity index (χ1v) is 5.79. The Kier molecular flexibility index (Phi) is 4.03. The van der Waals surface area contributed by atoms with Gasteiger partial charge in [-0.2, -0.15) is 0 Å². The van der Waals surface area contributed by atoms with E-state index in [1.807, 2.05) is 6.07 Å². The van der Waals surface area contributed by atoms with Crippen molar-refractivity contribution in [2.75, 3.05) is 19.6 Å². The Labute approximate surface area is 96.8 Å². The van der Waals surface area contributed by atoms with Gasteiger partial charge in [0.1, 0.15) is 0 Å². The molecular formula is C13H18N2O. The van der Waals surface area contributed by atoms with Crippen LogP contribution in [0.2, 0.25) is 0 Å². The van der Waals surface area contributed by atoms with Crippen molar-refractivity contribution < 1.29 is 4.42 Å². The number of furan rings is 1. The van der Waals surface area contributed by atoms with Crippen LogP contribution in [0.1, 0.15) is 18.4 Å². The average Bonchev–Trinajstić information content (AvgIpc) is 2.82. The standard InChI is InChI=1S/C13H18N2O/c1-2-6-15-7-3-13(4-8-15)14-10-12-5-9-16-11-12/h1,5,9,11,13-14H,3-4,6-8,10H2. The molecule has 0 unspecified atom stereocenters. The quantitative estimate of drug-likeness (QED) is 0.776. The molecule has 0 aromatic carbocycles. The van der Waals surface area contributed by atoms with Crippen molar-refractivity contribution in [1.82, 2.24) is 10.2 Å². The van der Waals surface area contributed by atoms with Crippen LogP contribution in [0.3, 0.4) is 0 Å². The second kappa shape index (κ2) is 5.74. The van der Waals surface area contributed by atoms with E-state index < -0.39 is 0 Å². The summed E-state index contributed by atoms with van der Waals surface area (Å²) < 4.78 is 5.03. The molecule has 2 rings (SSSR count). The Morgan fingerprint density at radius 3 is 2.94 bits per heavy atom. The Morgan fingerprint density at radius 1 is 1.50 bits per heavy atom. The Balaban J connectivity index is 1.68. The lowest BCUT2D eigenvalue weighted by Gasteiger charge is -2.31. The molecule has 1 fully saturated rings. The smallest absolute Gasteiger partial charge is 0.0947 e. The minimum absolute atomic E-state index is 0.615. The van der Waals surface area contributed by atoms with Crippen molar-refractivity contribution >= 4 is 0 Å². The van der Waals surface area contributed by atoms with Gasteiger partial charge in [0.25, 0.3) is 0 Å². The van der Waals surface area contributed by atoms with E-state index in [0.29, 0.717) is 6.04 Å². The molecular weight excluding hydrogens is 200 g/mol. The summed E-state index contributed by atoms with van der Waals surface area (Å²) in [6.45, 7) is 3.89. The fraction of sp³-hybridized carbons (Fsp3) is 0.538. The van der Waals surface area contributed by atoms with Gasteiger partial charge in [-0.3, -0.25) is 4.90 Å². The first-order valence-electron chi connectivity index (χ1n) is 5.79. The van der Waals surface area contributed by atoms with Crippen LogP contribution in [-0.2, 0) is 6.54 Å². The normalized spacial score (nSPS) is 18.4. The maximum absolute atomic E-state index is 5.30. The highest BCUT2D eigenvalue weighted by molar-refractivity contribution is 5.04. The van der Waals surface area contributed by atoms with Crippen molar-refractivity contribution in [2.45, 2.75) is 25.4 Å². The van der Waals surface area contributed by atoms with E-state index in [1.165, 1.54) is 18.4 Å². The number of hydrogen-bond acceptors (Lipinski definition) is 3. The van der Waals surface area contributed by atoms with Crippen LogP contribution >= 0.6 is 0 Å². The fourth-order valence-corrected chi connectivity index (χ4v) is 2.08. The molecule has 1 aliphatic rings. The minimum atomic E-state index is 0.615. The summed E-state index contributed by atoms with van der Waals surface area (Å²) in [5.74, 6) is 2.70. The van der Waals surface area contributed by atoms with Crippen LogP contribution in [-0.4, -0.2) is 30.6 Å². The van der Waals surface area contributed by atoms with Crippen LogP contribution in [0.25, 0.3) is 0 Å². The highest BCUT2D eigenvalue weighted by atomic mass is 16.3. The molecule has 3 heteroatoms. The third kappa shape index (κ3) is 3.13. The number of terminal acetylenes is 1. The van der Waals surface area contributed by atoms with Gasteiger partial charge < -0.3 is 9.73 Å². The summed E-state index contributed by atoms with van der Waals surface area (Å²) in [7, 11) is 0. The molecule has 0 amide bonds. The van der Waals surface area contributed by atoms with Gasteiger partial charge in [0.15, 0.2) is 0 Å². The molecule has 86 valence electrons. The van der Waals surface area contributed by atoms with E-state index in [4.69, 9.17) is 10.8 Å². The first-order chi connectivity index (χ1) is 7.88. The third-order valence-electron chi connectivity index (χ3n) is 3.08. The average molecular weight is 218 g/mol. The number of rotatable bonds is 4. The van der Waals surface area contributed by atoms with E-state index in [1.54, 1.807) is 12.5 Å². The number of hydrogen-bond donors (Lipinski definition) is 1. The second-order valence-corrected chi connectivity index (χ2v) is 4.27. The first kappa shape index (κ1) is 11.3. The molecule has 1 N–H and O–H groups in total. The van der Waals surface area contributed by atoms with Gasteiger partial charge in [0.05, 0.1) is 19.1 Å². The number of nitrogens with zero attached hydrogens (tertiary/aromatic N) is 1. The highest BCUT2D eigenvalue weighted by Gasteiger charge is 2.17. The van der Waals surface area contributed by atoms with Gasteiger partial charge in [0, 0.05) is 31.2 Å². The maximum Gasteiger partial charge on any atom is 0.0947 e. The summed E-state index contributed by atoms with van der Waals surface area (Å²) in [6.07, 6.45) is 11.2. The second-order valence-electron chi connectivity index (χ2n) is 4.27. The van der Waals surface area contributed by atoms with E-state index >= 15 is 0 Å². The molecule has 0 bridgehead atoms. The molecule has 1 aromatic heterocycles. The maximum atomic E-state index is 5.30. The van der Waals surface area contributed by atoms with Crippen molar-refractivity contribution in [3.63, 3.8) is 0 Å². The topological polar surface area (TPSA) is 28.4 Å². The largest absolute Gasteiger partial charge is 0.472 e. The van der Waals surface area contributed by atoms with Gasteiger partial charge in [-0.1, -0.05) is 5.92 Å². The van der Waals surface area contributed by atoms with E-state index in [9.17, 15) is 0 Å². The monoisotopic (exact) mass is 218 g/mol. The van der Waals surface area contributed by atoms with Gasteiger partial charge in [-0.15, -0.1) is 6.42 Å². The summed E-state index contributed by atoms with van der Waals surface area (Å²) >= 11 is 0. The molecule has 1 aliphatic heterocycles. The minimum Gasteiger partial charge on any atom is -0.472 e. The van der Waals surface area contributed by atoms with Crippen LogP contribution in [0, 0.1) is 12.3 Å². The van der Waals surface area contributed by atoms with Gasteiger partial charge in [-0.05, 0) is 18.9 Å². The third-order valence-corrected chi connectivity index (χ3v) is 3.08. The van der Waals surface area contributed by atoms with Gasteiger partial charge in [0.2, 0.25) is 0 Å². The summed E-state index contributed by atoms with van der Waals surface area (Å²) in [5, 5.41) is 3.55. The number of nitrogens with one attached hydrogen (secondary N) is 1. The van der Waals surface area contributed by atoms with Crippen LogP contribution in [0.5, 0.6) is 0 Å². The molecule has 0 saturated carbocycles. The predicted octanol–water partition coefficient (Wildman–Crippen LogP) is 1.47. The highest BCUT2D eigenvalue weighted by Crippen LogP contribution is 2.10. The molecule has 0 atom stereocenters. The molecule has 3 nitrogen and oxygen atoms in total. The van der Waals surface area contributed by atoms with E-state index in [0.717, 1.165) is 26.2 Å². The molecule has 1 aromatic rings. The number of piperidine rings is 1. The molecule has 0 aliphatic carbocycles. The van der Waals surface area contributed by atoms with Crippen molar-refractivity contribution in [1.29, 1.82) is 0 Å². The molecule has 2 heterocycles. The molecule has 1 saturated heterocycles. The molecule has 0 radical (unpaired) electrons. The zero-order chi connectivity index (χ0) is 11.2.